The summed E-state index contributed by atoms with van der Waals surface area (Å²) in [6.45, 7) is 0.196. The summed E-state index contributed by atoms with van der Waals surface area (Å²) in [4.78, 5) is 0. The molecular weight excluding hydrogens is 250 g/mol. The van der Waals surface area contributed by atoms with E-state index in [-0.39, 0.29) is 6.54 Å². The van der Waals surface area contributed by atoms with Gasteiger partial charge in [0.2, 0.25) is 19.0 Å². The Bertz CT molecular complexity index is 429. The van der Waals surface area contributed by atoms with Crippen molar-refractivity contribution in [1.82, 2.24) is 0 Å². The van der Waals surface area contributed by atoms with E-state index in [2.05, 4.69) is 0 Å². The number of hydrogen-bond donors (Lipinski definition) is 1. The highest BCUT2D eigenvalue weighted by Gasteiger charge is 2.14. The van der Waals surface area contributed by atoms with E-state index in [4.69, 9.17) is 18.9 Å². The molecule has 0 amide bonds. The van der Waals surface area contributed by atoms with Crippen LogP contribution in [0.15, 0.2) is 18.2 Å². The van der Waals surface area contributed by atoms with Gasteiger partial charge in [0, 0.05) is 19.8 Å². The molecule has 0 radical (unpaired) electrons. The van der Waals surface area contributed by atoms with E-state index in [1.807, 2.05) is 0 Å². The van der Waals surface area contributed by atoms with Crippen LogP contribution in [0.5, 0.6) is 11.5 Å². The highest BCUT2D eigenvalue weighted by Crippen LogP contribution is 2.26. The van der Waals surface area contributed by atoms with E-state index in [0.29, 0.717) is 11.5 Å². The highest BCUT2D eigenvalue weighted by atomic mass is 16.7. The molecule has 0 aromatic heterocycles. The summed E-state index contributed by atoms with van der Waals surface area (Å²) in [5, 5.41) is 9.77. The SMILES string of the molecule is COc1ccc(C=[N+](O)CC(OC)OC)cc1OC. The molecule has 0 saturated carbocycles. The number of ether oxygens (including phenoxy) is 4. The van der Waals surface area contributed by atoms with Gasteiger partial charge in [0.25, 0.3) is 0 Å². The Labute approximate surface area is 112 Å². The van der Waals surface area contributed by atoms with E-state index < -0.39 is 6.29 Å². The van der Waals surface area contributed by atoms with Gasteiger partial charge in [0.05, 0.1) is 14.2 Å². The molecule has 1 aromatic carbocycles. The van der Waals surface area contributed by atoms with Gasteiger partial charge in [0.1, 0.15) is 0 Å². The predicted molar refractivity (Wildman–Crippen MR) is 69.4 cm³/mol. The number of methoxy groups -OCH3 is 4. The van der Waals surface area contributed by atoms with Gasteiger partial charge < -0.3 is 18.9 Å². The molecule has 1 N–H and O–H groups in total. The average Bonchev–Trinajstić information content (AvgIpc) is 2.44. The van der Waals surface area contributed by atoms with E-state index >= 15 is 0 Å². The second kappa shape index (κ2) is 7.60. The summed E-state index contributed by atoms with van der Waals surface area (Å²) in [7, 11) is 6.16. The minimum absolute atomic E-state index is 0.196. The van der Waals surface area contributed by atoms with Gasteiger partial charge in [-0.25, -0.2) is 0 Å². The third-order valence-corrected chi connectivity index (χ3v) is 2.57. The first-order chi connectivity index (χ1) is 9.14. The first-order valence-corrected chi connectivity index (χ1v) is 5.72. The Balaban J connectivity index is 2.85. The molecule has 0 saturated heterocycles. The fraction of sp³-hybridized carbons (Fsp3) is 0.462. The molecule has 0 fully saturated rings. The molecule has 1 rings (SSSR count). The molecule has 1 aromatic rings. The first-order valence-electron chi connectivity index (χ1n) is 5.72. The Morgan fingerprint density at radius 2 is 1.74 bits per heavy atom. The maximum atomic E-state index is 9.77. The molecule has 0 atom stereocenters. The molecule has 19 heavy (non-hydrogen) atoms. The molecule has 0 aliphatic rings. The summed E-state index contributed by atoms with van der Waals surface area (Å²) in [6.07, 6.45) is 1.05. The maximum absolute atomic E-state index is 9.77. The number of hydroxylamine groups is 1. The van der Waals surface area contributed by atoms with Crippen molar-refractivity contribution < 1.29 is 28.9 Å². The van der Waals surface area contributed by atoms with Crippen molar-refractivity contribution >= 4 is 6.21 Å². The molecular formula is C13H20NO5+. The molecule has 0 bridgehead atoms. The second-order valence-corrected chi connectivity index (χ2v) is 3.77. The van der Waals surface area contributed by atoms with Crippen LogP contribution in [0.2, 0.25) is 0 Å². The number of benzene rings is 1. The van der Waals surface area contributed by atoms with Crippen molar-refractivity contribution in [2.24, 2.45) is 0 Å². The Morgan fingerprint density at radius 1 is 1.11 bits per heavy atom. The molecule has 6 nitrogen and oxygen atoms in total. The van der Waals surface area contributed by atoms with E-state index in [9.17, 15) is 5.21 Å². The van der Waals surface area contributed by atoms with Crippen LogP contribution < -0.4 is 9.47 Å². The minimum atomic E-state index is -0.499. The van der Waals surface area contributed by atoms with Crippen LogP contribution in [0, 0.1) is 0 Å². The van der Waals surface area contributed by atoms with Crippen LogP contribution >= 0.6 is 0 Å². The fourth-order valence-electron chi connectivity index (χ4n) is 1.56. The summed E-state index contributed by atoms with van der Waals surface area (Å²) < 4.78 is 21.3. The van der Waals surface area contributed by atoms with Crippen molar-refractivity contribution in [1.29, 1.82) is 0 Å². The van der Waals surface area contributed by atoms with E-state index in [1.54, 1.807) is 38.6 Å². The molecule has 0 aliphatic carbocycles. The zero-order chi connectivity index (χ0) is 14.3. The number of rotatable bonds is 7. The lowest BCUT2D eigenvalue weighted by Gasteiger charge is -2.08. The average molecular weight is 270 g/mol. The monoisotopic (exact) mass is 270 g/mol. The Hall–Kier alpha value is -1.79. The van der Waals surface area contributed by atoms with Crippen molar-refractivity contribution in [3.05, 3.63) is 23.8 Å². The topological polar surface area (TPSA) is 60.2 Å². The van der Waals surface area contributed by atoms with Gasteiger partial charge in [-0.1, -0.05) is 0 Å². The van der Waals surface area contributed by atoms with Crippen LogP contribution in [0.3, 0.4) is 0 Å². The Morgan fingerprint density at radius 3 is 2.26 bits per heavy atom. The lowest BCUT2D eigenvalue weighted by Crippen LogP contribution is -2.26. The predicted octanol–water partition coefficient (Wildman–Crippen LogP) is 1.14. The third kappa shape index (κ3) is 4.42. The third-order valence-electron chi connectivity index (χ3n) is 2.57. The van der Waals surface area contributed by atoms with Gasteiger partial charge in [-0.05, 0) is 22.9 Å². The molecule has 0 heterocycles. The number of hydrogen-bond acceptors (Lipinski definition) is 5. The quantitative estimate of drug-likeness (QED) is 0.265. The zero-order valence-corrected chi connectivity index (χ0v) is 11.6. The van der Waals surface area contributed by atoms with Gasteiger partial charge in [-0.2, -0.15) is 0 Å². The lowest BCUT2D eigenvalue weighted by molar-refractivity contribution is -0.778. The van der Waals surface area contributed by atoms with Crippen molar-refractivity contribution in [2.45, 2.75) is 6.29 Å². The largest absolute Gasteiger partial charge is 0.493 e. The van der Waals surface area contributed by atoms with Crippen LogP contribution in [-0.4, -0.2) is 57.4 Å². The summed E-state index contributed by atoms with van der Waals surface area (Å²) in [5.41, 5.74) is 0.770. The molecule has 0 aliphatic heterocycles. The highest BCUT2D eigenvalue weighted by molar-refractivity contribution is 5.77. The maximum Gasteiger partial charge on any atom is 0.243 e. The van der Waals surface area contributed by atoms with Crippen LogP contribution in [0.1, 0.15) is 5.56 Å². The van der Waals surface area contributed by atoms with Crippen molar-refractivity contribution in [3.63, 3.8) is 0 Å². The van der Waals surface area contributed by atoms with Gasteiger partial charge in [0.15, 0.2) is 11.5 Å². The van der Waals surface area contributed by atoms with Crippen molar-refractivity contribution in [2.75, 3.05) is 35.0 Å². The Kier molecular flexibility index (Phi) is 6.11. The summed E-state index contributed by atoms with van der Waals surface area (Å²) >= 11 is 0. The first kappa shape index (κ1) is 15.3. The number of nitrogens with zero attached hydrogens (tertiary/aromatic N) is 1. The molecule has 6 heteroatoms. The van der Waals surface area contributed by atoms with Crippen LogP contribution in [-0.2, 0) is 9.47 Å². The van der Waals surface area contributed by atoms with E-state index in [0.717, 1.165) is 10.3 Å². The minimum Gasteiger partial charge on any atom is -0.493 e. The molecule has 0 spiro atoms. The van der Waals surface area contributed by atoms with Crippen molar-refractivity contribution in [3.8, 4) is 11.5 Å². The zero-order valence-electron chi connectivity index (χ0n) is 11.6. The normalized spacial score (nSPS) is 11.7. The second-order valence-electron chi connectivity index (χ2n) is 3.77. The summed E-state index contributed by atoms with van der Waals surface area (Å²) in [5.74, 6) is 1.23. The fourth-order valence-corrected chi connectivity index (χ4v) is 1.56. The lowest BCUT2D eigenvalue weighted by atomic mass is 10.2. The smallest absolute Gasteiger partial charge is 0.243 e. The molecule has 0 unspecified atom stereocenters. The van der Waals surface area contributed by atoms with Crippen LogP contribution in [0.4, 0.5) is 0 Å². The van der Waals surface area contributed by atoms with Crippen LogP contribution in [0.25, 0.3) is 0 Å². The van der Waals surface area contributed by atoms with Gasteiger partial charge in [-0.3, -0.25) is 5.21 Å². The van der Waals surface area contributed by atoms with E-state index in [1.165, 1.54) is 14.2 Å². The standard InChI is InChI=1S/C13H20NO5/c1-16-11-6-5-10(7-12(11)17-2)8-14(15)9-13(18-3)19-4/h5-8,13,15H,9H2,1-4H3/q+1. The molecule has 106 valence electrons. The summed E-state index contributed by atoms with van der Waals surface area (Å²) in [6, 6.07) is 5.33. The van der Waals surface area contributed by atoms with Gasteiger partial charge >= 0.3 is 0 Å². The van der Waals surface area contributed by atoms with Gasteiger partial charge in [-0.15, -0.1) is 0 Å².